The summed E-state index contributed by atoms with van der Waals surface area (Å²) in [7, 11) is 0. The molecule has 0 atom stereocenters. The molecule has 0 aliphatic rings. The number of nitrogens with one attached hydrogen (secondary N) is 1. The van der Waals surface area contributed by atoms with Gasteiger partial charge in [-0.2, -0.15) is 0 Å². The smallest absolute Gasteiger partial charge is 0.274 e. The molecule has 0 aliphatic carbocycles. The molecule has 88 valence electrons. The van der Waals surface area contributed by atoms with E-state index >= 15 is 0 Å². The Morgan fingerprint density at radius 1 is 1.24 bits per heavy atom. The van der Waals surface area contributed by atoms with Crippen LogP contribution in [0.5, 0.6) is 0 Å². The Balaban J connectivity index is 2.69. The van der Waals surface area contributed by atoms with Crippen molar-refractivity contribution in [3.63, 3.8) is 0 Å². The number of aromatic amines is 1. The second-order valence-electron chi connectivity index (χ2n) is 4.08. The van der Waals surface area contributed by atoms with E-state index in [2.05, 4.69) is 9.97 Å². The number of hydrogen-bond donors (Lipinski definition) is 1. The maximum absolute atomic E-state index is 13.0. The highest BCUT2D eigenvalue weighted by Crippen LogP contribution is 2.19. The molecule has 0 amide bonds. The van der Waals surface area contributed by atoms with Gasteiger partial charge >= 0.3 is 0 Å². The lowest BCUT2D eigenvalue weighted by Gasteiger charge is -2.06. The average Bonchev–Trinajstić information content (AvgIpc) is 2.24. The van der Waals surface area contributed by atoms with Crippen LogP contribution in [0.15, 0.2) is 23.0 Å². The first kappa shape index (κ1) is 11.5. The van der Waals surface area contributed by atoms with E-state index in [0.717, 1.165) is 11.4 Å². The summed E-state index contributed by atoms with van der Waals surface area (Å²) in [5.74, 6) is -0.313. The van der Waals surface area contributed by atoms with Crippen molar-refractivity contribution in [2.75, 3.05) is 0 Å². The molecule has 0 saturated heterocycles. The predicted molar refractivity (Wildman–Crippen MR) is 64.5 cm³/mol. The van der Waals surface area contributed by atoms with Crippen molar-refractivity contribution in [1.82, 2.24) is 9.97 Å². The quantitative estimate of drug-likeness (QED) is 0.821. The summed E-state index contributed by atoms with van der Waals surface area (Å²) in [6.07, 6.45) is 0. The van der Waals surface area contributed by atoms with Crippen molar-refractivity contribution in [2.24, 2.45) is 0 Å². The molecule has 0 aliphatic heterocycles. The molecule has 0 radical (unpaired) electrons. The fourth-order valence-electron chi connectivity index (χ4n) is 1.70. The average molecular weight is 232 g/mol. The van der Waals surface area contributed by atoms with Crippen LogP contribution in [0.3, 0.4) is 0 Å². The third-order valence-corrected chi connectivity index (χ3v) is 2.78. The summed E-state index contributed by atoms with van der Waals surface area (Å²) in [4.78, 5) is 18.8. The highest BCUT2D eigenvalue weighted by atomic mass is 19.1. The number of benzene rings is 1. The normalized spacial score (nSPS) is 10.6. The van der Waals surface area contributed by atoms with Gasteiger partial charge in [-0.05, 0) is 44.5 Å². The van der Waals surface area contributed by atoms with E-state index in [1.54, 1.807) is 19.9 Å². The van der Waals surface area contributed by atoms with Crippen molar-refractivity contribution in [3.8, 4) is 11.3 Å². The summed E-state index contributed by atoms with van der Waals surface area (Å²) >= 11 is 0. The summed E-state index contributed by atoms with van der Waals surface area (Å²) in [6, 6.07) is 4.31. The van der Waals surface area contributed by atoms with Gasteiger partial charge in [-0.1, -0.05) is 0 Å². The van der Waals surface area contributed by atoms with Crippen molar-refractivity contribution >= 4 is 0 Å². The predicted octanol–water partition coefficient (Wildman–Crippen LogP) is 2.50. The first-order chi connectivity index (χ1) is 7.99. The maximum Gasteiger partial charge on any atom is 0.274 e. The van der Waals surface area contributed by atoms with E-state index in [1.165, 1.54) is 12.1 Å². The van der Waals surface area contributed by atoms with E-state index < -0.39 is 0 Å². The third kappa shape index (κ3) is 2.11. The van der Waals surface area contributed by atoms with Gasteiger partial charge in [-0.25, -0.2) is 9.37 Å². The molecule has 0 bridgehead atoms. The number of aromatic nitrogens is 2. The van der Waals surface area contributed by atoms with Crippen molar-refractivity contribution in [2.45, 2.75) is 20.8 Å². The number of nitrogens with zero attached hydrogens (tertiary/aromatic N) is 1. The van der Waals surface area contributed by atoms with Gasteiger partial charge in [-0.15, -0.1) is 0 Å². The zero-order valence-electron chi connectivity index (χ0n) is 9.97. The van der Waals surface area contributed by atoms with E-state index in [1.807, 2.05) is 6.92 Å². The van der Waals surface area contributed by atoms with Gasteiger partial charge < -0.3 is 4.98 Å². The van der Waals surface area contributed by atoms with E-state index in [-0.39, 0.29) is 11.4 Å². The molecule has 1 aromatic heterocycles. The minimum atomic E-state index is -0.313. The van der Waals surface area contributed by atoms with Crippen molar-refractivity contribution in [3.05, 3.63) is 51.3 Å². The topological polar surface area (TPSA) is 45.8 Å². The summed E-state index contributed by atoms with van der Waals surface area (Å²) in [5.41, 5.74) is 2.97. The molecule has 2 rings (SSSR count). The molecule has 0 spiro atoms. The second kappa shape index (κ2) is 4.13. The minimum Gasteiger partial charge on any atom is -0.323 e. The van der Waals surface area contributed by atoms with Gasteiger partial charge in [0.15, 0.2) is 0 Å². The Morgan fingerprint density at radius 2 is 1.94 bits per heavy atom. The number of rotatable bonds is 1. The summed E-state index contributed by atoms with van der Waals surface area (Å²) < 4.78 is 13.0. The molecule has 3 nitrogen and oxygen atoms in total. The Kier molecular flexibility index (Phi) is 2.79. The molecule has 0 saturated carbocycles. The molecule has 17 heavy (non-hydrogen) atoms. The Bertz CT molecular complexity index is 632. The fourth-order valence-corrected chi connectivity index (χ4v) is 1.70. The van der Waals surface area contributed by atoms with Gasteiger partial charge in [0, 0.05) is 11.3 Å². The van der Waals surface area contributed by atoms with Gasteiger partial charge in [0.1, 0.15) is 11.5 Å². The third-order valence-electron chi connectivity index (χ3n) is 2.78. The van der Waals surface area contributed by atoms with Gasteiger partial charge in [0.25, 0.3) is 5.56 Å². The Hall–Kier alpha value is -1.97. The minimum absolute atomic E-state index is 0.247. The standard InChI is InChI=1S/C13H13FN2O/c1-7-6-10(14)4-5-11(7)12-13(17)16-9(3)8(2)15-12/h4-6H,1-3H3,(H,16,17). The largest absolute Gasteiger partial charge is 0.323 e. The first-order valence-corrected chi connectivity index (χ1v) is 5.33. The molecule has 2 aromatic rings. The van der Waals surface area contributed by atoms with E-state index in [4.69, 9.17) is 0 Å². The van der Waals surface area contributed by atoms with Crippen LogP contribution in [0.2, 0.25) is 0 Å². The molecule has 0 fully saturated rings. The van der Waals surface area contributed by atoms with E-state index in [0.29, 0.717) is 16.8 Å². The monoisotopic (exact) mass is 232 g/mol. The molecule has 1 N–H and O–H groups in total. The molecule has 1 heterocycles. The molecule has 1 aromatic carbocycles. The number of hydrogen-bond acceptors (Lipinski definition) is 2. The van der Waals surface area contributed by atoms with Crippen LogP contribution in [0.1, 0.15) is 17.0 Å². The van der Waals surface area contributed by atoms with Crippen LogP contribution in [-0.2, 0) is 0 Å². The van der Waals surface area contributed by atoms with Gasteiger partial charge in [-0.3, -0.25) is 4.79 Å². The second-order valence-corrected chi connectivity index (χ2v) is 4.08. The molecule has 0 unspecified atom stereocenters. The summed E-state index contributed by atoms with van der Waals surface area (Å²) in [6.45, 7) is 5.38. The molecule has 4 heteroatoms. The Morgan fingerprint density at radius 3 is 2.59 bits per heavy atom. The lowest BCUT2D eigenvalue weighted by atomic mass is 10.1. The molecular weight excluding hydrogens is 219 g/mol. The fraction of sp³-hybridized carbons (Fsp3) is 0.231. The lowest BCUT2D eigenvalue weighted by molar-refractivity contribution is 0.627. The molecular formula is C13H13FN2O. The highest BCUT2D eigenvalue weighted by Gasteiger charge is 2.10. The van der Waals surface area contributed by atoms with Crippen LogP contribution in [0, 0.1) is 26.6 Å². The highest BCUT2D eigenvalue weighted by molar-refractivity contribution is 5.62. The maximum atomic E-state index is 13.0. The van der Waals surface area contributed by atoms with Crippen molar-refractivity contribution in [1.29, 1.82) is 0 Å². The first-order valence-electron chi connectivity index (χ1n) is 5.33. The van der Waals surface area contributed by atoms with Crippen LogP contribution in [0.25, 0.3) is 11.3 Å². The van der Waals surface area contributed by atoms with Crippen LogP contribution >= 0.6 is 0 Å². The zero-order chi connectivity index (χ0) is 12.6. The van der Waals surface area contributed by atoms with Gasteiger partial charge in [0.05, 0.1) is 5.69 Å². The number of H-pyrrole nitrogens is 1. The lowest BCUT2D eigenvalue weighted by Crippen LogP contribution is -2.14. The van der Waals surface area contributed by atoms with Crippen molar-refractivity contribution < 1.29 is 4.39 Å². The number of halogens is 1. The van der Waals surface area contributed by atoms with Crippen LogP contribution in [0.4, 0.5) is 4.39 Å². The summed E-state index contributed by atoms with van der Waals surface area (Å²) in [5, 5.41) is 0. The SMILES string of the molecule is Cc1cc(F)ccc1-c1nc(C)c(C)[nH]c1=O. The van der Waals surface area contributed by atoms with E-state index in [9.17, 15) is 9.18 Å². The Labute approximate surface area is 98.3 Å². The number of aryl methyl sites for hydroxylation is 3. The van der Waals surface area contributed by atoms with Crippen LogP contribution < -0.4 is 5.56 Å². The van der Waals surface area contributed by atoms with Crippen LogP contribution in [-0.4, -0.2) is 9.97 Å². The van der Waals surface area contributed by atoms with Gasteiger partial charge in [0.2, 0.25) is 0 Å². The zero-order valence-corrected chi connectivity index (χ0v) is 9.97.